The van der Waals surface area contributed by atoms with Crippen LogP contribution in [0, 0.1) is 0 Å². The fourth-order valence-electron chi connectivity index (χ4n) is 1.38. The van der Waals surface area contributed by atoms with E-state index in [4.69, 9.17) is 10.5 Å². The third-order valence-electron chi connectivity index (χ3n) is 2.15. The number of amides is 2. The summed E-state index contributed by atoms with van der Waals surface area (Å²) < 4.78 is 5.19. The molecule has 19 heavy (non-hydrogen) atoms. The number of anilines is 1. The van der Waals surface area contributed by atoms with Gasteiger partial charge in [0.2, 0.25) is 0 Å². The first-order chi connectivity index (χ1) is 9.16. The Labute approximate surface area is 113 Å². The number of hydrogen-bond acceptors (Lipinski definition) is 5. The number of benzene rings is 1. The van der Waals surface area contributed by atoms with Crippen LogP contribution in [0.25, 0.3) is 0 Å². The molecule has 98 valence electrons. The predicted octanol–water partition coefficient (Wildman–Crippen LogP) is 1.26. The Kier molecular flexibility index (Phi) is 4.09. The van der Waals surface area contributed by atoms with Gasteiger partial charge in [-0.1, -0.05) is 12.1 Å². The number of aromatic nitrogens is 1. The van der Waals surface area contributed by atoms with Gasteiger partial charge in [0, 0.05) is 11.6 Å². The number of rotatable bonds is 5. The Hall–Kier alpha value is -2.41. The summed E-state index contributed by atoms with van der Waals surface area (Å²) in [5.41, 5.74) is 5.32. The van der Waals surface area contributed by atoms with E-state index in [2.05, 4.69) is 10.3 Å². The lowest BCUT2D eigenvalue weighted by molar-refractivity contribution is -0.119. The lowest BCUT2D eigenvalue weighted by Gasteiger charge is -2.09. The van der Waals surface area contributed by atoms with Crippen LogP contribution >= 0.6 is 11.3 Å². The van der Waals surface area contributed by atoms with Crippen molar-refractivity contribution in [2.24, 2.45) is 5.73 Å². The zero-order valence-corrected chi connectivity index (χ0v) is 10.6. The molecule has 0 fully saturated rings. The molecular formula is C12H11N3O3S. The number of nitrogens with one attached hydrogen (secondary N) is 1. The first-order valence-corrected chi connectivity index (χ1v) is 6.26. The molecule has 0 aliphatic heterocycles. The molecule has 1 heterocycles. The minimum Gasteiger partial charge on any atom is -0.483 e. The third-order valence-corrected chi connectivity index (χ3v) is 2.84. The van der Waals surface area contributed by atoms with Crippen LogP contribution < -0.4 is 15.8 Å². The summed E-state index contributed by atoms with van der Waals surface area (Å²) in [6.07, 6.45) is 1.59. The highest BCUT2D eigenvalue weighted by Gasteiger charge is 2.13. The van der Waals surface area contributed by atoms with E-state index in [1.165, 1.54) is 11.3 Å². The summed E-state index contributed by atoms with van der Waals surface area (Å²) in [6.45, 7) is -0.276. The Bertz CT molecular complexity index is 584. The lowest BCUT2D eigenvalue weighted by Crippen LogP contribution is -2.21. The number of thiazole rings is 1. The molecule has 1 aromatic carbocycles. The summed E-state index contributed by atoms with van der Waals surface area (Å²) in [6, 6.07) is 6.60. The van der Waals surface area contributed by atoms with Crippen LogP contribution in [0.2, 0.25) is 0 Å². The summed E-state index contributed by atoms with van der Waals surface area (Å²) in [5, 5.41) is 4.89. The van der Waals surface area contributed by atoms with Crippen LogP contribution in [0.3, 0.4) is 0 Å². The fourth-order valence-corrected chi connectivity index (χ4v) is 1.90. The highest BCUT2D eigenvalue weighted by Crippen LogP contribution is 2.20. The molecule has 2 amide bonds. The van der Waals surface area contributed by atoms with E-state index in [9.17, 15) is 9.59 Å². The van der Waals surface area contributed by atoms with E-state index < -0.39 is 5.91 Å². The molecular weight excluding hydrogens is 266 g/mol. The van der Waals surface area contributed by atoms with Crippen LogP contribution in [0.1, 0.15) is 10.4 Å². The second-order valence-electron chi connectivity index (χ2n) is 3.54. The van der Waals surface area contributed by atoms with Crippen LogP contribution in [-0.2, 0) is 4.79 Å². The van der Waals surface area contributed by atoms with Gasteiger partial charge in [-0.2, -0.15) is 0 Å². The molecule has 2 aromatic rings. The Morgan fingerprint density at radius 1 is 1.37 bits per heavy atom. The van der Waals surface area contributed by atoms with Gasteiger partial charge in [0.25, 0.3) is 11.8 Å². The average Bonchev–Trinajstić information content (AvgIpc) is 2.89. The standard InChI is InChI=1S/C12H11N3O3S/c13-10(16)7-18-9-4-2-1-3-8(9)11(17)15-12-14-5-6-19-12/h1-6H,7H2,(H2,13,16)(H,14,15,17). The molecule has 0 unspecified atom stereocenters. The third kappa shape index (κ3) is 3.52. The van der Waals surface area contributed by atoms with Crippen molar-refractivity contribution < 1.29 is 14.3 Å². The number of primary amides is 1. The normalized spacial score (nSPS) is 9.89. The molecule has 0 bridgehead atoms. The van der Waals surface area contributed by atoms with Crippen LogP contribution in [0.15, 0.2) is 35.8 Å². The SMILES string of the molecule is NC(=O)COc1ccccc1C(=O)Nc1nccs1. The molecule has 0 saturated heterocycles. The zero-order valence-electron chi connectivity index (χ0n) is 9.83. The van der Waals surface area contributed by atoms with Gasteiger partial charge in [-0.25, -0.2) is 4.98 Å². The van der Waals surface area contributed by atoms with E-state index in [0.29, 0.717) is 16.4 Å². The molecule has 2 rings (SSSR count). The van der Waals surface area contributed by atoms with E-state index >= 15 is 0 Å². The second kappa shape index (κ2) is 5.96. The number of hydrogen-bond donors (Lipinski definition) is 2. The number of ether oxygens (including phenoxy) is 1. The Morgan fingerprint density at radius 3 is 2.84 bits per heavy atom. The predicted molar refractivity (Wildman–Crippen MR) is 71.2 cm³/mol. The van der Waals surface area contributed by atoms with Gasteiger partial charge in [-0.05, 0) is 12.1 Å². The summed E-state index contributed by atoms with van der Waals surface area (Å²) >= 11 is 1.31. The summed E-state index contributed by atoms with van der Waals surface area (Å²) in [4.78, 5) is 26.7. The lowest BCUT2D eigenvalue weighted by atomic mass is 10.2. The molecule has 0 aliphatic rings. The number of nitrogens with zero attached hydrogens (tertiary/aromatic N) is 1. The molecule has 0 saturated carbocycles. The molecule has 0 radical (unpaired) electrons. The maximum absolute atomic E-state index is 12.0. The Morgan fingerprint density at radius 2 is 2.16 bits per heavy atom. The first kappa shape index (κ1) is 13.0. The zero-order chi connectivity index (χ0) is 13.7. The molecule has 0 atom stereocenters. The smallest absolute Gasteiger partial charge is 0.261 e. The van der Waals surface area contributed by atoms with Crippen molar-refractivity contribution in [3.63, 3.8) is 0 Å². The topological polar surface area (TPSA) is 94.3 Å². The second-order valence-corrected chi connectivity index (χ2v) is 4.44. The van der Waals surface area contributed by atoms with Gasteiger partial charge in [-0.3, -0.25) is 14.9 Å². The van der Waals surface area contributed by atoms with E-state index in [1.807, 2.05) is 0 Å². The van der Waals surface area contributed by atoms with E-state index in [1.54, 1.807) is 35.8 Å². The van der Waals surface area contributed by atoms with E-state index in [-0.39, 0.29) is 12.5 Å². The highest BCUT2D eigenvalue weighted by molar-refractivity contribution is 7.13. The molecule has 1 aromatic heterocycles. The monoisotopic (exact) mass is 277 g/mol. The number of carbonyl (C=O) groups is 2. The fraction of sp³-hybridized carbons (Fsp3) is 0.0833. The minimum absolute atomic E-state index is 0.276. The van der Waals surface area contributed by atoms with Gasteiger partial charge in [0.15, 0.2) is 11.7 Å². The van der Waals surface area contributed by atoms with Crippen molar-refractivity contribution in [2.75, 3.05) is 11.9 Å². The number of nitrogens with two attached hydrogens (primary N) is 1. The maximum Gasteiger partial charge on any atom is 0.261 e. The van der Waals surface area contributed by atoms with Crippen molar-refractivity contribution in [1.29, 1.82) is 0 Å². The largest absolute Gasteiger partial charge is 0.483 e. The molecule has 6 nitrogen and oxygen atoms in total. The van der Waals surface area contributed by atoms with E-state index in [0.717, 1.165) is 0 Å². The summed E-state index contributed by atoms with van der Waals surface area (Å²) in [7, 11) is 0. The van der Waals surface area contributed by atoms with Crippen LogP contribution in [0.4, 0.5) is 5.13 Å². The average molecular weight is 277 g/mol. The number of carbonyl (C=O) groups excluding carboxylic acids is 2. The minimum atomic E-state index is -0.602. The van der Waals surface area contributed by atoms with Gasteiger partial charge in [-0.15, -0.1) is 11.3 Å². The van der Waals surface area contributed by atoms with Gasteiger partial charge in [0.1, 0.15) is 5.75 Å². The van der Waals surface area contributed by atoms with Crippen LogP contribution in [0.5, 0.6) is 5.75 Å². The molecule has 0 spiro atoms. The van der Waals surface area contributed by atoms with Crippen molar-refractivity contribution in [3.8, 4) is 5.75 Å². The molecule has 7 heteroatoms. The highest BCUT2D eigenvalue weighted by atomic mass is 32.1. The van der Waals surface area contributed by atoms with Crippen molar-refractivity contribution in [1.82, 2.24) is 4.98 Å². The first-order valence-electron chi connectivity index (χ1n) is 5.38. The molecule has 3 N–H and O–H groups in total. The van der Waals surface area contributed by atoms with Gasteiger partial charge < -0.3 is 10.5 Å². The molecule has 0 aliphatic carbocycles. The van der Waals surface area contributed by atoms with Crippen LogP contribution in [-0.4, -0.2) is 23.4 Å². The Balaban J connectivity index is 2.14. The van der Waals surface area contributed by atoms with Crippen molar-refractivity contribution >= 4 is 28.3 Å². The van der Waals surface area contributed by atoms with Crippen molar-refractivity contribution in [3.05, 3.63) is 41.4 Å². The van der Waals surface area contributed by atoms with Gasteiger partial charge >= 0.3 is 0 Å². The summed E-state index contributed by atoms with van der Waals surface area (Å²) in [5.74, 6) is -0.652. The maximum atomic E-state index is 12.0. The van der Waals surface area contributed by atoms with Gasteiger partial charge in [0.05, 0.1) is 5.56 Å². The van der Waals surface area contributed by atoms with Crippen molar-refractivity contribution in [2.45, 2.75) is 0 Å². The quantitative estimate of drug-likeness (QED) is 0.860. The number of para-hydroxylation sites is 1.